The highest BCUT2D eigenvalue weighted by atomic mass is 35.5. The van der Waals surface area contributed by atoms with Gasteiger partial charge in [-0.2, -0.15) is 5.10 Å². The molecule has 0 aliphatic carbocycles. The summed E-state index contributed by atoms with van der Waals surface area (Å²) >= 11 is 7.93. The highest BCUT2D eigenvalue weighted by Crippen LogP contribution is 2.59. The molecule has 1 aliphatic rings. The van der Waals surface area contributed by atoms with Gasteiger partial charge in [0, 0.05) is 28.0 Å². The molecule has 0 radical (unpaired) electrons. The molecule has 8 heteroatoms. The monoisotopic (exact) mass is 469 g/mol. The van der Waals surface area contributed by atoms with Crippen molar-refractivity contribution < 1.29 is 13.5 Å². The van der Waals surface area contributed by atoms with E-state index in [9.17, 15) is 8.78 Å². The van der Waals surface area contributed by atoms with Crippen molar-refractivity contribution in [3.63, 3.8) is 0 Å². The van der Waals surface area contributed by atoms with E-state index in [2.05, 4.69) is 10.1 Å². The van der Waals surface area contributed by atoms with Crippen LogP contribution in [0.15, 0.2) is 84.3 Å². The van der Waals surface area contributed by atoms with E-state index in [-0.39, 0.29) is 12.1 Å². The fraction of sp³-hybridized carbons (Fsp3) is 0.167. The molecule has 32 heavy (non-hydrogen) atoms. The molecule has 4 aromatic rings. The van der Waals surface area contributed by atoms with E-state index in [1.807, 2.05) is 48.5 Å². The minimum Gasteiger partial charge on any atom is -0.354 e. The molecule has 2 unspecified atom stereocenters. The smallest absolute Gasteiger partial charge is 0.186 e. The summed E-state index contributed by atoms with van der Waals surface area (Å²) in [5, 5.41) is 5.56. The zero-order chi connectivity index (χ0) is 22.1. The Morgan fingerprint density at radius 1 is 1.03 bits per heavy atom. The molecule has 1 aromatic heterocycles. The number of thioether (sulfide) groups is 1. The summed E-state index contributed by atoms with van der Waals surface area (Å²) < 4.78 is 36.3. The Bertz CT molecular complexity index is 1250. The van der Waals surface area contributed by atoms with Crippen LogP contribution in [0, 0.1) is 11.6 Å². The topological polar surface area (TPSA) is 43.2 Å². The maximum Gasteiger partial charge on any atom is 0.186 e. The van der Waals surface area contributed by atoms with Crippen LogP contribution in [0.4, 0.5) is 8.78 Å². The van der Waals surface area contributed by atoms with Crippen LogP contribution < -0.4 is 0 Å². The van der Waals surface area contributed by atoms with E-state index in [1.165, 1.54) is 30.2 Å². The number of ether oxygens (including phenoxy) is 1. The molecule has 1 aliphatic heterocycles. The number of rotatable bonds is 7. The van der Waals surface area contributed by atoms with Crippen LogP contribution in [0.1, 0.15) is 22.8 Å². The second-order valence-electron chi connectivity index (χ2n) is 7.51. The van der Waals surface area contributed by atoms with Crippen LogP contribution in [0.2, 0.25) is 5.02 Å². The van der Waals surface area contributed by atoms with Crippen LogP contribution in [0.25, 0.3) is 0 Å². The van der Waals surface area contributed by atoms with Gasteiger partial charge in [-0.1, -0.05) is 78.0 Å². The van der Waals surface area contributed by atoms with E-state index >= 15 is 0 Å². The van der Waals surface area contributed by atoms with E-state index in [1.54, 1.807) is 10.7 Å². The molecule has 0 bridgehead atoms. The third-order valence-corrected chi connectivity index (χ3v) is 6.84. The number of halogens is 3. The van der Waals surface area contributed by atoms with Gasteiger partial charge in [-0.3, -0.25) is 0 Å². The Balaban J connectivity index is 1.47. The zero-order valence-corrected chi connectivity index (χ0v) is 18.4. The van der Waals surface area contributed by atoms with Crippen LogP contribution >= 0.6 is 23.4 Å². The Kier molecular flexibility index (Phi) is 5.71. The van der Waals surface area contributed by atoms with Gasteiger partial charge in [-0.05, 0) is 17.7 Å². The van der Waals surface area contributed by atoms with Crippen LogP contribution in [-0.4, -0.2) is 14.8 Å². The van der Waals surface area contributed by atoms with Gasteiger partial charge in [0.25, 0.3) is 0 Å². The molecule has 4 nitrogen and oxygen atoms in total. The lowest BCUT2D eigenvalue weighted by Gasteiger charge is -2.16. The van der Waals surface area contributed by atoms with Crippen LogP contribution in [-0.2, 0) is 22.6 Å². The standard InChI is InChI=1S/C24H18ClF2N3OS/c25-20-9-5-4-8-18(20)22-24(31-22,19-11-10-17(26)12-21(19)27)14-30-23(28-15-29-30)32-13-16-6-2-1-3-7-16/h1-12,15,22H,13-14H2. The lowest BCUT2D eigenvalue weighted by Crippen LogP contribution is -2.22. The molecule has 0 spiro atoms. The Hall–Kier alpha value is -2.74. The lowest BCUT2D eigenvalue weighted by atomic mass is 9.91. The molecule has 0 saturated carbocycles. The second-order valence-corrected chi connectivity index (χ2v) is 8.86. The zero-order valence-electron chi connectivity index (χ0n) is 16.8. The van der Waals surface area contributed by atoms with Crippen molar-refractivity contribution in [3.05, 3.63) is 112 Å². The summed E-state index contributed by atoms with van der Waals surface area (Å²) in [6.07, 6.45) is 0.974. The molecule has 1 saturated heterocycles. The summed E-state index contributed by atoms with van der Waals surface area (Å²) in [5.41, 5.74) is 1.09. The molecule has 5 rings (SSSR count). The number of benzene rings is 3. The van der Waals surface area contributed by atoms with Gasteiger partial charge in [0.05, 0.1) is 6.54 Å². The van der Waals surface area contributed by atoms with E-state index in [4.69, 9.17) is 16.3 Å². The third-order valence-electron chi connectivity index (χ3n) is 5.44. The van der Waals surface area contributed by atoms with Gasteiger partial charge in [0.15, 0.2) is 5.16 Å². The highest BCUT2D eigenvalue weighted by Gasteiger charge is 2.61. The first-order valence-electron chi connectivity index (χ1n) is 9.99. The van der Waals surface area contributed by atoms with Crippen molar-refractivity contribution in [1.29, 1.82) is 0 Å². The third kappa shape index (κ3) is 4.03. The molecule has 3 aromatic carbocycles. The predicted molar refractivity (Wildman–Crippen MR) is 119 cm³/mol. The quantitative estimate of drug-likeness (QED) is 0.240. The van der Waals surface area contributed by atoms with Crippen molar-refractivity contribution in [2.45, 2.75) is 29.2 Å². The number of hydrogen-bond acceptors (Lipinski definition) is 4. The van der Waals surface area contributed by atoms with Crippen molar-refractivity contribution in [2.24, 2.45) is 0 Å². The fourth-order valence-electron chi connectivity index (χ4n) is 3.84. The number of hydrogen-bond donors (Lipinski definition) is 0. The SMILES string of the molecule is Fc1ccc(C2(Cn3ncnc3SCc3ccccc3)OC2c2ccccc2Cl)c(F)c1. The average Bonchev–Trinajstić information content (AvgIpc) is 3.32. The van der Waals surface area contributed by atoms with Gasteiger partial charge < -0.3 is 4.74 Å². The maximum absolute atomic E-state index is 14.9. The lowest BCUT2D eigenvalue weighted by molar-refractivity contribution is 0.250. The number of aromatic nitrogens is 3. The van der Waals surface area contributed by atoms with Gasteiger partial charge in [-0.15, -0.1) is 0 Å². The molecule has 0 N–H and O–H groups in total. The molecule has 162 valence electrons. The summed E-state index contributed by atoms with van der Waals surface area (Å²) in [5.74, 6) is -0.596. The summed E-state index contributed by atoms with van der Waals surface area (Å²) in [7, 11) is 0. The van der Waals surface area contributed by atoms with Crippen LogP contribution in [0.3, 0.4) is 0 Å². The van der Waals surface area contributed by atoms with Gasteiger partial charge >= 0.3 is 0 Å². The predicted octanol–water partition coefficient (Wildman–Crippen LogP) is 6.17. The van der Waals surface area contributed by atoms with E-state index < -0.39 is 23.3 Å². The Labute approximate surface area is 193 Å². The summed E-state index contributed by atoms with van der Waals surface area (Å²) in [6, 6.07) is 20.8. The van der Waals surface area contributed by atoms with E-state index in [0.29, 0.717) is 15.9 Å². The first-order chi connectivity index (χ1) is 15.6. The van der Waals surface area contributed by atoms with Gasteiger partial charge in [-0.25, -0.2) is 18.4 Å². The Morgan fingerprint density at radius 2 is 1.81 bits per heavy atom. The van der Waals surface area contributed by atoms with Crippen molar-refractivity contribution >= 4 is 23.4 Å². The molecule has 2 heterocycles. The fourth-order valence-corrected chi connectivity index (χ4v) is 4.95. The first-order valence-corrected chi connectivity index (χ1v) is 11.4. The molecular weight excluding hydrogens is 452 g/mol. The number of nitrogens with zero attached hydrogens (tertiary/aromatic N) is 3. The summed E-state index contributed by atoms with van der Waals surface area (Å²) in [4.78, 5) is 4.37. The van der Waals surface area contributed by atoms with Gasteiger partial charge in [0.1, 0.15) is 29.7 Å². The number of epoxide rings is 1. The highest BCUT2D eigenvalue weighted by molar-refractivity contribution is 7.98. The molecule has 2 atom stereocenters. The van der Waals surface area contributed by atoms with E-state index in [0.717, 1.165) is 17.2 Å². The van der Waals surface area contributed by atoms with Gasteiger partial charge in [0.2, 0.25) is 0 Å². The summed E-state index contributed by atoms with van der Waals surface area (Å²) in [6.45, 7) is 0.211. The Morgan fingerprint density at radius 3 is 2.59 bits per heavy atom. The normalized spacial score (nSPS) is 19.8. The minimum atomic E-state index is -1.07. The average molecular weight is 470 g/mol. The maximum atomic E-state index is 14.9. The second kappa shape index (κ2) is 8.65. The van der Waals surface area contributed by atoms with Crippen molar-refractivity contribution in [3.8, 4) is 0 Å². The largest absolute Gasteiger partial charge is 0.354 e. The van der Waals surface area contributed by atoms with Crippen molar-refractivity contribution in [2.75, 3.05) is 0 Å². The molecule has 1 fully saturated rings. The molecule has 0 amide bonds. The first kappa shape index (κ1) is 21.1. The molecular formula is C24H18ClF2N3OS. The van der Waals surface area contributed by atoms with Crippen LogP contribution in [0.5, 0.6) is 0 Å². The minimum absolute atomic E-state index is 0.211. The van der Waals surface area contributed by atoms with Crippen molar-refractivity contribution in [1.82, 2.24) is 14.8 Å².